The number of hydrogen-bond acceptors (Lipinski definition) is 4. The minimum atomic E-state index is 0. The Bertz CT molecular complexity index is 562. The number of halogens is 1. The van der Waals surface area contributed by atoms with Gasteiger partial charge in [0.25, 0.3) is 0 Å². The van der Waals surface area contributed by atoms with Crippen LogP contribution in [0.1, 0.15) is 44.6 Å². The molecule has 1 aromatic heterocycles. The molecule has 0 aliphatic carbocycles. The molecule has 27 heavy (non-hydrogen) atoms. The van der Waals surface area contributed by atoms with Crippen molar-refractivity contribution < 1.29 is 0 Å². The summed E-state index contributed by atoms with van der Waals surface area (Å²) in [7, 11) is 1.84. The van der Waals surface area contributed by atoms with Crippen LogP contribution in [-0.4, -0.2) is 61.7 Å². The van der Waals surface area contributed by atoms with E-state index in [2.05, 4.69) is 49.5 Å². The van der Waals surface area contributed by atoms with Gasteiger partial charge in [-0.15, -0.1) is 24.0 Å². The van der Waals surface area contributed by atoms with Crippen LogP contribution in [0.4, 0.5) is 5.82 Å². The van der Waals surface area contributed by atoms with Crippen LogP contribution in [0.25, 0.3) is 0 Å². The molecule has 3 rings (SSSR count). The number of anilines is 1. The van der Waals surface area contributed by atoms with Crippen molar-refractivity contribution in [3.63, 3.8) is 0 Å². The molecule has 0 unspecified atom stereocenters. The number of piperidine rings is 1. The highest BCUT2D eigenvalue weighted by atomic mass is 127. The fourth-order valence-corrected chi connectivity index (χ4v) is 3.85. The zero-order valence-electron chi connectivity index (χ0n) is 16.8. The predicted molar refractivity (Wildman–Crippen MR) is 124 cm³/mol. The molecular weight excluding hydrogens is 451 g/mol. The Morgan fingerprint density at radius 1 is 1.19 bits per heavy atom. The monoisotopic (exact) mass is 486 g/mol. The van der Waals surface area contributed by atoms with E-state index in [0.717, 1.165) is 31.4 Å². The van der Waals surface area contributed by atoms with Crippen molar-refractivity contribution in [1.29, 1.82) is 0 Å². The first kappa shape index (κ1) is 22.2. The highest BCUT2D eigenvalue weighted by Gasteiger charge is 2.19. The quantitative estimate of drug-likeness (QED) is 0.368. The highest BCUT2D eigenvalue weighted by Crippen LogP contribution is 2.17. The van der Waals surface area contributed by atoms with Crippen LogP contribution >= 0.6 is 24.0 Å². The summed E-state index contributed by atoms with van der Waals surface area (Å²) >= 11 is 0. The summed E-state index contributed by atoms with van der Waals surface area (Å²) in [6, 6.07) is 4.83. The SMILES string of the molecule is CCCN1CCC(NC(=NC)NCc2ccc(N3CCCC3)nc2)CC1.I. The maximum Gasteiger partial charge on any atom is 0.191 e. The lowest BCUT2D eigenvalue weighted by molar-refractivity contribution is 0.206. The number of aromatic nitrogens is 1. The molecule has 2 saturated heterocycles. The number of likely N-dealkylation sites (tertiary alicyclic amines) is 1. The average molecular weight is 486 g/mol. The molecule has 2 aliphatic rings. The second kappa shape index (κ2) is 11.7. The van der Waals surface area contributed by atoms with Crippen LogP contribution < -0.4 is 15.5 Å². The summed E-state index contributed by atoms with van der Waals surface area (Å²) in [4.78, 5) is 13.9. The Labute approximate surface area is 181 Å². The van der Waals surface area contributed by atoms with E-state index in [-0.39, 0.29) is 24.0 Å². The third kappa shape index (κ3) is 6.78. The van der Waals surface area contributed by atoms with Crippen LogP contribution in [0.15, 0.2) is 23.3 Å². The van der Waals surface area contributed by atoms with Crippen LogP contribution in [0.5, 0.6) is 0 Å². The Morgan fingerprint density at radius 3 is 2.52 bits per heavy atom. The Hall–Kier alpha value is -1.09. The number of guanidine groups is 1. The van der Waals surface area contributed by atoms with Crippen LogP contribution in [-0.2, 0) is 6.54 Å². The van der Waals surface area contributed by atoms with E-state index < -0.39 is 0 Å². The molecule has 0 bridgehead atoms. The number of nitrogens with zero attached hydrogens (tertiary/aromatic N) is 4. The van der Waals surface area contributed by atoms with E-state index in [1.165, 1.54) is 57.3 Å². The van der Waals surface area contributed by atoms with E-state index in [1.54, 1.807) is 0 Å². The zero-order valence-corrected chi connectivity index (χ0v) is 19.1. The lowest BCUT2D eigenvalue weighted by Crippen LogP contribution is -2.48. The van der Waals surface area contributed by atoms with Crippen LogP contribution in [0.2, 0.25) is 0 Å². The maximum absolute atomic E-state index is 4.63. The molecule has 0 saturated carbocycles. The number of aliphatic imine (C=N–C) groups is 1. The molecule has 6 nitrogen and oxygen atoms in total. The largest absolute Gasteiger partial charge is 0.357 e. The first-order chi connectivity index (χ1) is 12.8. The summed E-state index contributed by atoms with van der Waals surface area (Å²) in [5, 5.41) is 7.01. The van der Waals surface area contributed by atoms with Gasteiger partial charge in [-0.1, -0.05) is 13.0 Å². The molecule has 2 fully saturated rings. The molecule has 0 amide bonds. The standard InChI is InChI=1S/C20H34N6.HI/c1-3-10-25-13-8-18(9-14-25)24-20(21-2)23-16-17-6-7-19(22-15-17)26-11-4-5-12-26;/h6-7,15,18H,3-5,8-14,16H2,1-2H3,(H2,21,23,24);1H. The lowest BCUT2D eigenvalue weighted by Gasteiger charge is -2.32. The fraction of sp³-hybridized carbons (Fsp3) is 0.700. The van der Waals surface area contributed by atoms with E-state index >= 15 is 0 Å². The van der Waals surface area contributed by atoms with E-state index in [1.807, 2.05) is 13.2 Å². The van der Waals surface area contributed by atoms with Gasteiger partial charge >= 0.3 is 0 Å². The van der Waals surface area contributed by atoms with E-state index in [9.17, 15) is 0 Å². The molecule has 1 aromatic rings. The maximum atomic E-state index is 4.63. The summed E-state index contributed by atoms with van der Waals surface area (Å²) in [5.41, 5.74) is 1.19. The number of pyridine rings is 1. The van der Waals surface area contributed by atoms with Gasteiger partial charge in [0.1, 0.15) is 5.82 Å². The van der Waals surface area contributed by atoms with Crippen molar-refractivity contribution in [3.05, 3.63) is 23.9 Å². The van der Waals surface area contributed by atoms with Gasteiger partial charge in [-0.05, 0) is 50.3 Å². The molecule has 0 atom stereocenters. The molecule has 2 aliphatic heterocycles. The molecule has 152 valence electrons. The molecular formula is C20H35IN6. The second-order valence-corrected chi connectivity index (χ2v) is 7.40. The highest BCUT2D eigenvalue weighted by molar-refractivity contribution is 14.0. The van der Waals surface area contributed by atoms with Gasteiger partial charge in [0.15, 0.2) is 5.96 Å². The number of nitrogens with one attached hydrogen (secondary N) is 2. The third-order valence-corrected chi connectivity index (χ3v) is 5.39. The van der Waals surface area contributed by atoms with Crippen molar-refractivity contribution in [2.45, 2.75) is 51.6 Å². The molecule has 3 heterocycles. The van der Waals surface area contributed by atoms with Gasteiger partial charge in [-0.25, -0.2) is 4.98 Å². The summed E-state index contributed by atoms with van der Waals surface area (Å²) in [6.07, 6.45) is 8.16. The smallest absolute Gasteiger partial charge is 0.191 e. The normalized spacial score (nSPS) is 19.0. The van der Waals surface area contributed by atoms with Crippen LogP contribution in [0, 0.1) is 0 Å². The van der Waals surface area contributed by atoms with Gasteiger partial charge in [0, 0.05) is 52.0 Å². The minimum absolute atomic E-state index is 0. The minimum Gasteiger partial charge on any atom is -0.357 e. The van der Waals surface area contributed by atoms with Gasteiger partial charge < -0.3 is 20.4 Å². The number of hydrogen-bond donors (Lipinski definition) is 2. The molecule has 0 spiro atoms. The number of rotatable bonds is 6. The predicted octanol–water partition coefficient (Wildman–Crippen LogP) is 2.84. The van der Waals surface area contributed by atoms with Gasteiger partial charge in [0.2, 0.25) is 0 Å². The van der Waals surface area contributed by atoms with Crippen LogP contribution in [0.3, 0.4) is 0 Å². The summed E-state index contributed by atoms with van der Waals surface area (Å²) in [5.74, 6) is 2.00. The van der Waals surface area contributed by atoms with Gasteiger partial charge in [-0.2, -0.15) is 0 Å². The van der Waals surface area contributed by atoms with Crippen molar-refractivity contribution in [2.24, 2.45) is 4.99 Å². The van der Waals surface area contributed by atoms with Gasteiger partial charge in [0.05, 0.1) is 0 Å². The third-order valence-electron chi connectivity index (χ3n) is 5.39. The molecule has 7 heteroatoms. The first-order valence-corrected chi connectivity index (χ1v) is 10.2. The van der Waals surface area contributed by atoms with Crippen molar-refractivity contribution >= 4 is 35.8 Å². The van der Waals surface area contributed by atoms with E-state index in [0.29, 0.717) is 6.04 Å². The average Bonchev–Trinajstić information content (AvgIpc) is 3.22. The first-order valence-electron chi connectivity index (χ1n) is 10.2. The van der Waals surface area contributed by atoms with Crippen molar-refractivity contribution in [2.75, 3.05) is 44.7 Å². The summed E-state index contributed by atoms with van der Waals surface area (Å²) < 4.78 is 0. The topological polar surface area (TPSA) is 55.8 Å². The fourth-order valence-electron chi connectivity index (χ4n) is 3.85. The van der Waals surface area contributed by atoms with E-state index in [4.69, 9.17) is 0 Å². The summed E-state index contributed by atoms with van der Waals surface area (Å²) in [6.45, 7) is 8.87. The Kier molecular flexibility index (Phi) is 9.61. The molecule has 0 radical (unpaired) electrons. The van der Waals surface area contributed by atoms with Gasteiger partial charge in [-0.3, -0.25) is 4.99 Å². The van der Waals surface area contributed by atoms with Crippen molar-refractivity contribution in [3.8, 4) is 0 Å². The molecule has 0 aromatic carbocycles. The second-order valence-electron chi connectivity index (χ2n) is 7.40. The lowest BCUT2D eigenvalue weighted by atomic mass is 10.1. The zero-order chi connectivity index (χ0) is 18.2. The Balaban J connectivity index is 0.00000261. The van der Waals surface area contributed by atoms with Crippen molar-refractivity contribution in [1.82, 2.24) is 20.5 Å². The molecule has 2 N–H and O–H groups in total. The Morgan fingerprint density at radius 2 is 1.93 bits per heavy atom.